The van der Waals surface area contributed by atoms with Gasteiger partial charge in [0.2, 0.25) is 0 Å². The zero-order chi connectivity index (χ0) is 12.9. The molecule has 0 spiro atoms. The highest BCUT2D eigenvalue weighted by Gasteiger charge is 2.12. The van der Waals surface area contributed by atoms with Gasteiger partial charge in [-0.25, -0.2) is 0 Å². The standard InChI is InChI=1S/C15H33NO/c1-4-7-9-11-15(12-10-8-5-2)16-14(6-3)13-17/h14-17H,4-13H2,1-3H3/t14-/m1/s1. The fourth-order valence-electron chi connectivity index (χ4n) is 2.23. The average molecular weight is 243 g/mol. The van der Waals surface area contributed by atoms with E-state index in [0.717, 1.165) is 6.42 Å². The topological polar surface area (TPSA) is 32.3 Å². The van der Waals surface area contributed by atoms with E-state index in [4.69, 9.17) is 0 Å². The molecule has 0 rings (SSSR count). The number of nitrogens with one attached hydrogen (secondary N) is 1. The van der Waals surface area contributed by atoms with Crippen LogP contribution >= 0.6 is 0 Å². The second-order valence-corrected chi connectivity index (χ2v) is 5.14. The quantitative estimate of drug-likeness (QED) is 0.510. The van der Waals surface area contributed by atoms with Gasteiger partial charge in [-0.15, -0.1) is 0 Å². The van der Waals surface area contributed by atoms with E-state index < -0.39 is 0 Å². The minimum Gasteiger partial charge on any atom is -0.395 e. The highest BCUT2D eigenvalue weighted by atomic mass is 16.3. The zero-order valence-electron chi connectivity index (χ0n) is 12.2. The molecule has 0 fully saturated rings. The van der Waals surface area contributed by atoms with Gasteiger partial charge in [-0.05, 0) is 19.3 Å². The van der Waals surface area contributed by atoms with Crippen LogP contribution in [0.25, 0.3) is 0 Å². The van der Waals surface area contributed by atoms with Gasteiger partial charge in [0, 0.05) is 12.1 Å². The second kappa shape index (κ2) is 12.4. The summed E-state index contributed by atoms with van der Waals surface area (Å²) >= 11 is 0. The molecular weight excluding hydrogens is 210 g/mol. The second-order valence-electron chi connectivity index (χ2n) is 5.14. The summed E-state index contributed by atoms with van der Waals surface area (Å²) < 4.78 is 0. The Hall–Kier alpha value is -0.0800. The Morgan fingerprint density at radius 3 is 1.71 bits per heavy atom. The van der Waals surface area contributed by atoms with Crippen molar-refractivity contribution in [3.63, 3.8) is 0 Å². The summed E-state index contributed by atoms with van der Waals surface area (Å²) in [6, 6.07) is 0.911. The molecule has 2 heteroatoms. The smallest absolute Gasteiger partial charge is 0.0584 e. The molecule has 17 heavy (non-hydrogen) atoms. The molecule has 0 radical (unpaired) electrons. The fourth-order valence-corrected chi connectivity index (χ4v) is 2.23. The molecule has 2 nitrogen and oxygen atoms in total. The van der Waals surface area contributed by atoms with Crippen molar-refractivity contribution in [1.82, 2.24) is 5.32 Å². The molecule has 0 saturated heterocycles. The Bertz CT molecular complexity index is 136. The molecule has 1 atom stereocenters. The summed E-state index contributed by atoms with van der Waals surface area (Å²) in [7, 11) is 0. The lowest BCUT2D eigenvalue weighted by Crippen LogP contribution is -2.40. The molecule has 0 heterocycles. The highest BCUT2D eigenvalue weighted by Crippen LogP contribution is 2.12. The summed E-state index contributed by atoms with van der Waals surface area (Å²) in [5.41, 5.74) is 0. The van der Waals surface area contributed by atoms with Gasteiger partial charge in [0.05, 0.1) is 6.61 Å². The molecular formula is C15H33NO. The van der Waals surface area contributed by atoms with Crippen molar-refractivity contribution in [2.45, 2.75) is 90.6 Å². The van der Waals surface area contributed by atoms with E-state index in [-0.39, 0.29) is 6.61 Å². The van der Waals surface area contributed by atoms with E-state index in [1.165, 1.54) is 51.4 Å². The first-order valence-electron chi connectivity index (χ1n) is 7.65. The molecule has 104 valence electrons. The van der Waals surface area contributed by atoms with Crippen molar-refractivity contribution in [2.75, 3.05) is 6.61 Å². The lowest BCUT2D eigenvalue weighted by atomic mass is 10.0. The molecule has 0 unspecified atom stereocenters. The van der Waals surface area contributed by atoms with Gasteiger partial charge in [-0.3, -0.25) is 0 Å². The number of hydrogen-bond acceptors (Lipinski definition) is 2. The number of rotatable bonds is 12. The van der Waals surface area contributed by atoms with Crippen LogP contribution in [0.4, 0.5) is 0 Å². The van der Waals surface area contributed by atoms with E-state index in [9.17, 15) is 5.11 Å². The molecule has 0 aliphatic carbocycles. The summed E-state index contributed by atoms with van der Waals surface area (Å²) in [5, 5.41) is 12.9. The molecule has 0 aliphatic rings. The van der Waals surface area contributed by atoms with Crippen LogP contribution < -0.4 is 5.32 Å². The van der Waals surface area contributed by atoms with Gasteiger partial charge in [-0.1, -0.05) is 59.3 Å². The molecule has 0 aromatic rings. The predicted octanol–water partition coefficient (Wildman–Crippen LogP) is 3.88. The van der Waals surface area contributed by atoms with Gasteiger partial charge in [0.1, 0.15) is 0 Å². The molecule has 0 amide bonds. The predicted molar refractivity (Wildman–Crippen MR) is 76.4 cm³/mol. The van der Waals surface area contributed by atoms with Gasteiger partial charge in [0.25, 0.3) is 0 Å². The van der Waals surface area contributed by atoms with Gasteiger partial charge in [0.15, 0.2) is 0 Å². The van der Waals surface area contributed by atoms with Crippen molar-refractivity contribution >= 4 is 0 Å². The lowest BCUT2D eigenvalue weighted by molar-refractivity contribution is 0.220. The zero-order valence-corrected chi connectivity index (χ0v) is 12.2. The van der Waals surface area contributed by atoms with Crippen LogP contribution in [0, 0.1) is 0 Å². The van der Waals surface area contributed by atoms with Crippen LogP contribution in [0.5, 0.6) is 0 Å². The normalized spacial score (nSPS) is 13.2. The Balaban J connectivity index is 3.90. The summed E-state index contributed by atoms with van der Waals surface area (Å²) in [5.74, 6) is 0. The Morgan fingerprint density at radius 1 is 0.824 bits per heavy atom. The molecule has 0 saturated carbocycles. The summed E-state index contributed by atoms with van der Waals surface area (Å²) in [6.07, 6.45) is 11.5. The third kappa shape index (κ3) is 9.61. The molecule has 0 bridgehead atoms. The minimum absolute atomic E-state index is 0.272. The maximum absolute atomic E-state index is 9.26. The maximum atomic E-state index is 9.26. The van der Waals surface area contributed by atoms with Gasteiger partial charge >= 0.3 is 0 Å². The van der Waals surface area contributed by atoms with E-state index in [1.807, 2.05) is 0 Å². The van der Waals surface area contributed by atoms with Crippen molar-refractivity contribution in [3.05, 3.63) is 0 Å². The van der Waals surface area contributed by atoms with E-state index in [2.05, 4.69) is 26.1 Å². The third-order valence-corrected chi connectivity index (χ3v) is 3.50. The summed E-state index contributed by atoms with van der Waals surface area (Å²) in [4.78, 5) is 0. The van der Waals surface area contributed by atoms with Crippen molar-refractivity contribution < 1.29 is 5.11 Å². The van der Waals surface area contributed by atoms with Crippen LogP contribution in [0.3, 0.4) is 0 Å². The first-order chi connectivity index (χ1) is 8.28. The number of hydrogen-bond donors (Lipinski definition) is 2. The Labute approximate surface area is 108 Å². The minimum atomic E-state index is 0.272. The molecule has 0 aromatic heterocycles. The van der Waals surface area contributed by atoms with E-state index in [0.29, 0.717) is 12.1 Å². The molecule has 2 N–H and O–H groups in total. The summed E-state index contributed by atoms with van der Waals surface area (Å²) in [6.45, 7) is 6.92. The Morgan fingerprint density at radius 2 is 1.35 bits per heavy atom. The van der Waals surface area contributed by atoms with Crippen molar-refractivity contribution in [1.29, 1.82) is 0 Å². The SMILES string of the molecule is CCCCCC(CCCCC)N[C@H](CC)CO. The number of aliphatic hydroxyl groups excluding tert-OH is 1. The molecule has 0 aliphatic heterocycles. The third-order valence-electron chi connectivity index (χ3n) is 3.50. The fraction of sp³-hybridized carbons (Fsp3) is 1.00. The first-order valence-corrected chi connectivity index (χ1v) is 7.65. The van der Waals surface area contributed by atoms with Crippen LogP contribution in [0.15, 0.2) is 0 Å². The van der Waals surface area contributed by atoms with Crippen molar-refractivity contribution in [2.24, 2.45) is 0 Å². The van der Waals surface area contributed by atoms with E-state index in [1.54, 1.807) is 0 Å². The number of unbranched alkanes of at least 4 members (excludes halogenated alkanes) is 4. The van der Waals surface area contributed by atoms with Crippen LogP contribution in [0.2, 0.25) is 0 Å². The van der Waals surface area contributed by atoms with Crippen LogP contribution in [-0.2, 0) is 0 Å². The van der Waals surface area contributed by atoms with Gasteiger partial charge in [-0.2, -0.15) is 0 Å². The van der Waals surface area contributed by atoms with Crippen LogP contribution in [-0.4, -0.2) is 23.8 Å². The maximum Gasteiger partial charge on any atom is 0.0584 e. The first kappa shape index (κ1) is 16.9. The number of aliphatic hydroxyl groups is 1. The Kier molecular flexibility index (Phi) is 12.3. The monoisotopic (exact) mass is 243 g/mol. The van der Waals surface area contributed by atoms with E-state index >= 15 is 0 Å². The van der Waals surface area contributed by atoms with Crippen LogP contribution in [0.1, 0.15) is 78.6 Å². The average Bonchev–Trinajstić information content (AvgIpc) is 2.35. The van der Waals surface area contributed by atoms with Gasteiger partial charge < -0.3 is 10.4 Å². The lowest BCUT2D eigenvalue weighted by Gasteiger charge is -2.24. The van der Waals surface area contributed by atoms with Crippen molar-refractivity contribution in [3.8, 4) is 0 Å². The largest absolute Gasteiger partial charge is 0.395 e. The molecule has 0 aromatic carbocycles. The highest BCUT2D eigenvalue weighted by molar-refractivity contribution is 4.73.